The molecule has 0 amide bonds. The Bertz CT molecular complexity index is 644. The van der Waals surface area contributed by atoms with Gasteiger partial charge in [-0.15, -0.1) is 0 Å². The molecule has 3 nitrogen and oxygen atoms in total. The Kier molecular flexibility index (Phi) is 5.52. The fraction of sp³-hybridized carbons (Fsp3) is 0.278. The van der Waals surface area contributed by atoms with Gasteiger partial charge in [0, 0.05) is 6.61 Å². The van der Waals surface area contributed by atoms with Gasteiger partial charge in [-0.05, 0) is 53.8 Å². The number of carbonyl (C=O) groups is 1. The summed E-state index contributed by atoms with van der Waals surface area (Å²) in [6, 6.07) is 11.7. The van der Waals surface area contributed by atoms with Crippen LogP contribution in [0.2, 0.25) is 0 Å². The summed E-state index contributed by atoms with van der Waals surface area (Å²) in [5, 5.41) is 10.9. The lowest BCUT2D eigenvalue weighted by molar-refractivity contribution is 0.0601. The lowest BCUT2D eigenvalue weighted by atomic mass is 10.0. The van der Waals surface area contributed by atoms with E-state index in [0.717, 1.165) is 35.6 Å². The number of esters is 1. The average Bonchev–Trinajstić information content (AvgIpc) is 2.53. The number of aliphatic hydroxyl groups excluding tert-OH is 1. The zero-order valence-electron chi connectivity index (χ0n) is 12.2. The van der Waals surface area contributed by atoms with Crippen molar-refractivity contribution in [3.63, 3.8) is 0 Å². The van der Waals surface area contributed by atoms with Crippen LogP contribution in [0, 0.1) is 0 Å². The van der Waals surface area contributed by atoms with E-state index in [9.17, 15) is 4.79 Å². The van der Waals surface area contributed by atoms with Crippen LogP contribution in [-0.4, -0.2) is 24.8 Å². The van der Waals surface area contributed by atoms with Crippen molar-refractivity contribution in [2.75, 3.05) is 13.7 Å². The van der Waals surface area contributed by atoms with Crippen LogP contribution >= 0.6 is 0 Å². The number of ether oxygens (including phenoxy) is 1. The van der Waals surface area contributed by atoms with Crippen molar-refractivity contribution in [1.29, 1.82) is 0 Å². The van der Waals surface area contributed by atoms with Gasteiger partial charge in [0.2, 0.25) is 0 Å². The molecule has 21 heavy (non-hydrogen) atoms. The Balaban J connectivity index is 2.17. The highest BCUT2D eigenvalue weighted by Gasteiger charge is 2.05. The van der Waals surface area contributed by atoms with E-state index in [1.807, 2.05) is 18.2 Å². The lowest BCUT2D eigenvalue weighted by Crippen LogP contribution is -2.00. The monoisotopic (exact) mass is 284 g/mol. The van der Waals surface area contributed by atoms with Gasteiger partial charge in [0.15, 0.2) is 0 Å². The molecule has 0 spiro atoms. The van der Waals surface area contributed by atoms with Gasteiger partial charge in [-0.3, -0.25) is 0 Å². The van der Waals surface area contributed by atoms with Crippen molar-refractivity contribution in [3.8, 4) is 0 Å². The van der Waals surface area contributed by atoms with Gasteiger partial charge in [-0.2, -0.15) is 0 Å². The van der Waals surface area contributed by atoms with E-state index < -0.39 is 0 Å². The van der Waals surface area contributed by atoms with Crippen LogP contribution in [0.15, 0.2) is 42.5 Å². The molecule has 2 rings (SSSR count). The Hall–Kier alpha value is -2.13. The molecule has 2 aromatic rings. The quantitative estimate of drug-likeness (QED) is 0.648. The molecule has 0 aliphatic heterocycles. The maximum absolute atomic E-state index is 11.6. The molecule has 0 atom stereocenters. The van der Waals surface area contributed by atoms with Crippen LogP contribution in [-0.2, 0) is 4.74 Å². The van der Waals surface area contributed by atoms with E-state index >= 15 is 0 Å². The van der Waals surface area contributed by atoms with Crippen LogP contribution in [0.25, 0.3) is 16.8 Å². The minimum Gasteiger partial charge on any atom is -0.465 e. The second-order valence-electron chi connectivity index (χ2n) is 4.93. The number of allylic oxidation sites excluding steroid dienone is 1. The summed E-state index contributed by atoms with van der Waals surface area (Å²) in [6.45, 7) is 0.250. The Morgan fingerprint density at radius 2 is 1.95 bits per heavy atom. The van der Waals surface area contributed by atoms with Gasteiger partial charge in [-0.25, -0.2) is 4.79 Å². The third kappa shape index (κ3) is 4.17. The zero-order valence-corrected chi connectivity index (χ0v) is 12.2. The Labute approximate surface area is 124 Å². The number of methoxy groups -OCH3 is 1. The molecule has 0 aromatic heterocycles. The summed E-state index contributed by atoms with van der Waals surface area (Å²) >= 11 is 0. The minimum atomic E-state index is -0.318. The maximum Gasteiger partial charge on any atom is 0.337 e. The van der Waals surface area contributed by atoms with Crippen LogP contribution < -0.4 is 0 Å². The van der Waals surface area contributed by atoms with E-state index in [2.05, 4.69) is 24.3 Å². The number of carbonyl (C=O) groups excluding carboxylic acids is 1. The number of hydrogen-bond acceptors (Lipinski definition) is 3. The molecular formula is C18H20O3. The molecule has 0 saturated carbocycles. The number of fused-ring (bicyclic) bond motifs is 1. The van der Waals surface area contributed by atoms with Crippen molar-refractivity contribution < 1.29 is 14.6 Å². The fourth-order valence-corrected chi connectivity index (χ4v) is 2.21. The predicted octanol–water partition coefficient (Wildman–Crippen LogP) is 3.80. The second-order valence-corrected chi connectivity index (χ2v) is 4.93. The molecule has 3 heteroatoms. The molecule has 0 aliphatic carbocycles. The van der Waals surface area contributed by atoms with Gasteiger partial charge in [0.05, 0.1) is 12.7 Å². The highest BCUT2D eigenvalue weighted by atomic mass is 16.5. The third-order valence-electron chi connectivity index (χ3n) is 3.37. The molecule has 110 valence electrons. The molecule has 0 aliphatic rings. The standard InChI is InChI=1S/C18H20O3/c1-21-18(20)16-10-9-15-8-7-14(12-17(15)13-16)6-4-2-3-5-11-19/h4,6-10,12-13,19H,2-3,5,11H2,1H3/b6-4+. The molecule has 1 N–H and O–H groups in total. The molecule has 0 radical (unpaired) electrons. The van der Waals surface area contributed by atoms with E-state index in [1.165, 1.54) is 7.11 Å². The largest absolute Gasteiger partial charge is 0.465 e. The molecule has 0 saturated heterocycles. The van der Waals surface area contributed by atoms with E-state index in [1.54, 1.807) is 6.07 Å². The highest BCUT2D eigenvalue weighted by molar-refractivity contribution is 5.95. The zero-order chi connectivity index (χ0) is 15.1. The Morgan fingerprint density at radius 3 is 2.71 bits per heavy atom. The highest BCUT2D eigenvalue weighted by Crippen LogP contribution is 2.19. The third-order valence-corrected chi connectivity index (χ3v) is 3.37. The average molecular weight is 284 g/mol. The van der Waals surface area contributed by atoms with Crippen LogP contribution in [0.4, 0.5) is 0 Å². The first-order valence-corrected chi connectivity index (χ1v) is 7.14. The van der Waals surface area contributed by atoms with Gasteiger partial charge >= 0.3 is 5.97 Å². The summed E-state index contributed by atoms with van der Waals surface area (Å²) in [5.41, 5.74) is 1.67. The molecule has 0 fully saturated rings. The van der Waals surface area contributed by atoms with Crippen molar-refractivity contribution >= 4 is 22.8 Å². The maximum atomic E-state index is 11.6. The first-order valence-electron chi connectivity index (χ1n) is 7.14. The van der Waals surface area contributed by atoms with Crippen molar-refractivity contribution in [1.82, 2.24) is 0 Å². The number of benzene rings is 2. The Morgan fingerprint density at radius 1 is 1.14 bits per heavy atom. The molecule has 0 bridgehead atoms. The van der Waals surface area contributed by atoms with Crippen LogP contribution in [0.5, 0.6) is 0 Å². The number of rotatable bonds is 6. The molecule has 0 heterocycles. The number of aliphatic hydroxyl groups is 1. The molecule has 2 aromatic carbocycles. The van der Waals surface area contributed by atoms with Crippen LogP contribution in [0.3, 0.4) is 0 Å². The van der Waals surface area contributed by atoms with Gasteiger partial charge in [0.1, 0.15) is 0 Å². The summed E-state index contributed by atoms with van der Waals surface area (Å²) in [7, 11) is 1.39. The molecule has 0 unspecified atom stereocenters. The van der Waals surface area contributed by atoms with Crippen molar-refractivity contribution in [3.05, 3.63) is 53.6 Å². The number of unbranched alkanes of at least 4 members (excludes halogenated alkanes) is 2. The predicted molar refractivity (Wildman–Crippen MR) is 85.3 cm³/mol. The summed E-state index contributed by atoms with van der Waals surface area (Å²) in [5.74, 6) is -0.318. The van der Waals surface area contributed by atoms with Gasteiger partial charge in [0.25, 0.3) is 0 Å². The van der Waals surface area contributed by atoms with E-state index in [0.29, 0.717) is 5.56 Å². The summed E-state index contributed by atoms with van der Waals surface area (Å²) in [6.07, 6.45) is 6.97. The normalized spacial score (nSPS) is 11.1. The first kappa shape index (κ1) is 15.3. The number of hydrogen-bond donors (Lipinski definition) is 1. The smallest absolute Gasteiger partial charge is 0.337 e. The first-order chi connectivity index (χ1) is 10.2. The van der Waals surface area contributed by atoms with Gasteiger partial charge in [-0.1, -0.05) is 30.4 Å². The lowest BCUT2D eigenvalue weighted by Gasteiger charge is -2.03. The van der Waals surface area contributed by atoms with Gasteiger partial charge < -0.3 is 9.84 Å². The topological polar surface area (TPSA) is 46.5 Å². The van der Waals surface area contributed by atoms with E-state index in [-0.39, 0.29) is 12.6 Å². The summed E-state index contributed by atoms with van der Waals surface area (Å²) < 4.78 is 4.74. The molecular weight excluding hydrogens is 264 g/mol. The second kappa shape index (κ2) is 7.60. The van der Waals surface area contributed by atoms with Crippen molar-refractivity contribution in [2.45, 2.75) is 19.3 Å². The summed E-state index contributed by atoms with van der Waals surface area (Å²) in [4.78, 5) is 11.6. The SMILES string of the molecule is COC(=O)c1ccc2ccc(/C=C/CCCCO)cc2c1. The fourth-order valence-electron chi connectivity index (χ4n) is 2.21. The van der Waals surface area contributed by atoms with Crippen molar-refractivity contribution in [2.24, 2.45) is 0 Å². The van der Waals surface area contributed by atoms with E-state index in [4.69, 9.17) is 9.84 Å². The minimum absolute atomic E-state index is 0.250. The van der Waals surface area contributed by atoms with Crippen LogP contribution in [0.1, 0.15) is 35.2 Å².